The average Bonchev–Trinajstić information content (AvgIpc) is 3.37. The van der Waals surface area contributed by atoms with Gasteiger partial charge < -0.3 is 10.0 Å². The maximum atomic E-state index is 13.3. The van der Waals surface area contributed by atoms with Crippen LogP contribution in [0.1, 0.15) is 29.2 Å². The zero-order chi connectivity index (χ0) is 21.1. The van der Waals surface area contributed by atoms with E-state index in [0.29, 0.717) is 25.1 Å². The van der Waals surface area contributed by atoms with E-state index in [4.69, 9.17) is 0 Å². The molecule has 1 aliphatic rings. The molecular weight excluding hydrogens is 378 g/mol. The van der Waals surface area contributed by atoms with E-state index >= 15 is 0 Å². The number of ketones is 1. The van der Waals surface area contributed by atoms with Gasteiger partial charge in [-0.2, -0.15) is 0 Å². The molecule has 1 aromatic heterocycles. The summed E-state index contributed by atoms with van der Waals surface area (Å²) in [4.78, 5) is 30.3. The molecule has 4 rings (SSSR count). The van der Waals surface area contributed by atoms with Crippen LogP contribution in [-0.4, -0.2) is 28.1 Å². The summed E-state index contributed by atoms with van der Waals surface area (Å²) in [5, 5.41) is 13.3. The van der Waals surface area contributed by atoms with Crippen molar-refractivity contribution in [1.29, 1.82) is 0 Å². The van der Waals surface area contributed by atoms with Crippen molar-refractivity contribution in [2.45, 2.75) is 25.9 Å². The van der Waals surface area contributed by atoms with E-state index in [2.05, 4.69) is 4.98 Å². The van der Waals surface area contributed by atoms with Crippen molar-refractivity contribution in [3.63, 3.8) is 0 Å². The summed E-state index contributed by atoms with van der Waals surface area (Å²) >= 11 is 0. The first-order valence-corrected chi connectivity index (χ1v) is 9.96. The van der Waals surface area contributed by atoms with Gasteiger partial charge in [0.1, 0.15) is 12.4 Å². The van der Waals surface area contributed by atoms with Gasteiger partial charge in [0.2, 0.25) is 12.1 Å². The Hall–Kier alpha value is -3.67. The molecule has 0 aliphatic carbocycles. The van der Waals surface area contributed by atoms with Gasteiger partial charge >= 0.3 is 0 Å². The molecule has 0 bridgehead atoms. The summed E-state index contributed by atoms with van der Waals surface area (Å²) < 4.78 is 1.97. The third-order valence-electron chi connectivity index (χ3n) is 5.38. The van der Waals surface area contributed by atoms with E-state index in [0.717, 1.165) is 11.1 Å². The van der Waals surface area contributed by atoms with E-state index < -0.39 is 17.7 Å². The quantitative estimate of drug-likeness (QED) is 0.297. The van der Waals surface area contributed by atoms with E-state index in [9.17, 15) is 14.7 Å². The fourth-order valence-electron chi connectivity index (χ4n) is 3.83. The van der Waals surface area contributed by atoms with Crippen molar-refractivity contribution in [2.75, 3.05) is 6.54 Å². The summed E-state index contributed by atoms with van der Waals surface area (Å²) in [6.07, 6.45) is 6.23. The molecule has 2 aromatic carbocycles. The number of aromatic nitrogens is 2. The predicted octanol–water partition coefficient (Wildman–Crippen LogP) is 1.92. The lowest BCUT2D eigenvalue weighted by Crippen LogP contribution is -2.36. The van der Waals surface area contributed by atoms with Crippen LogP contribution in [0.15, 0.2) is 78.9 Å². The molecule has 0 saturated carbocycles. The number of amides is 1. The zero-order valence-corrected chi connectivity index (χ0v) is 16.7. The lowest BCUT2D eigenvalue weighted by Gasteiger charge is -2.27. The summed E-state index contributed by atoms with van der Waals surface area (Å²) in [5.74, 6) is -1.70. The number of H-pyrrole nitrogens is 1. The largest absolute Gasteiger partial charge is 0.872 e. The Balaban J connectivity index is 1.71. The van der Waals surface area contributed by atoms with Crippen LogP contribution in [-0.2, 0) is 16.1 Å². The molecule has 3 aromatic rings. The van der Waals surface area contributed by atoms with Gasteiger partial charge in [-0.3, -0.25) is 14.6 Å². The van der Waals surface area contributed by atoms with Crippen LogP contribution >= 0.6 is 0 Å². The number of carbonyl (C=O) groups is 2. The highest BCUT2D eigenvalue weighted by Crippen LogP contribution is 2.38. The maximum Gasteiger partial charge on any atom is 0.295 e. The lowest BCUT2D eigenvalue weighted by molar-refractivity contribution is -0.695. The Kier molecular flexibility index (Phi) is 5.48. The molecule has 1 amide bonds. The highest BCUT2D eigenvalue weighted by Gasteiger charge is 2.43. The molecule has 6 nitrogen and oxygen atoms in total. The Morgan fingerprint density at radius 2 is 1.83 bits per heavy atom. The predicted molar refractivity (Wildman–Crippen MR) is 110 cm³/mol. The molecule has 2 heterocycles. The number of aromatic amines is 1. The minimum atomic E-state index is -0.705. The second-order valence-corrected chi connectivity index (χ2v) is 7.45. The Morgan fingerprint density at radius 3 is 2.50 bits per heavy atom. The number of rotatable bonds is 6. The minimum Gasteiger partial charge on any atom is -0.872 e. The Bertz CT molecular complexity index is 1070. The SMILES string of the molecule is Cc1ccc(C([O-])=C2C(=O)C(=O)N(CCC[n+]3cc[nH]c3)C2c2ccccc2)cc1. The molecule has 0 spiro atoms. The van der Waals surface area contributed by atoms with Crippen molar-refractivity contribution >= 4 is 17.4 Å². The van der Waals surface area contributed by atoms with Crippen LogP contribution in [0.3, 0.4) is 0 Å². The van der Waals surface area contributed by atoms with E-state index in [-0.39, 0.29) is 11.3 Å². The number of carbonyl (C=O) groups excluding carboxylic acids is 2. The summed E-state index contributed by atoms with van der Waals surface area (Å²) in [5.41, 5.74) is 2.24. The van der Waals surface area contributed by atoms with Crippen LogP contribution in [0.5, 0.6) is 0 Å². The highest BCUT2D eigenvalue weighted by atomic mass is 16.3. The first-order valence-electron chi connectivity index (χ1n) is 9.96. The third-order valence-corrected chi connectivity index (χ3v) is 5.38. The van der Waals surface area contributed by atoms with Crippen molar-refractivity contribution < 1.29 is 19.3 Å². The summed E-state index contributed by atoms with van der Waals surface area (Å²) in [7, 11) is 0. The van der Waals surface area contributed by atoms with Crippen LogP contribution in [0.2, 0.25) is 0 Å². The van der Waals surface area contributed by atoms with Crippen molar-refractivity contribution in [2.24, 2.45) is 0 Å². The van der Waals surface area contributed by atoms with E-state index in [1.807, 2.05) is 72.7 Å². The fraction of sp³-hybridized carbons (Fsp3) is 0.208. The average molecular weight is 401 g/mol. The van der Waals surface area contributed by atoms with Crippen molar-refractivity contribution in [3.8, 4) is 0 Å². The first kappa shape index (κ1) is 19.6. The third kappa shape index (κ3) is 3.76. The van der Waals surface area contributed by atoms with E-state index in [1.165, 1.54) is 4.90 Å². The smallest absolute Gasteiger partial charge is 0.295 e. The molecule has 1 saturated heterocycles. The number of hydrogen-bond acceptors (Lipinski definition) is 3. The fourth-order valence-corrected chi connectivity index (χ4v) is 3.83. The molecule has 6 heteroatoms. The number of aryl methyl sites for hydroxylation is 2. The second-order valence-electron chi connectivity index (χ2n) is 7.45. The van der Waals surface area contributed by atoms with Gasteiger partial charge in [-0.25, -0.2) is 4.57 Å². The highest BCUT2D eigenvalue weighted by molar-refractivity contribution is 6.46. The number of Topliss-reactive ketones (excluding diaryl/α,β-unsaturated/α-hetero) is 1. The number of likely N-dealkylation sites (tertiary alicyclic amines) is 1. The number of nitrogens with one attached hydrogen (secondary N) is 1. The summed E-state index contributed by atoms with van der Waals surface area (Å²) in [6, 6.07) is 15.7. The van der Waals surface area contributed by atoms with Gasteiger partial charge in [-0.05, 0) is 18.1 Å². The monoisotopic (exact) mass is 401 g/mol. The number of benzene rings is 2. The zero-order valence-electron chi connectivity index (χ0n) is 16.7. The Morgan fingerprint density at radius 1 is 1.10 bits per heavy atom. The van der Waals surface area contributed by atoms with Crippen LogP contribution in [0, 0.1) is 6.92 Å². The van der Waals surface area contributed by atoms with Crippen LogP contribution < -0.4 is 9.67 Å². The number of hydrogen-bond donors (Lipinski definition) is 1. The van der Waals surface area contributed by atoms with Gasteiger partial charge in [-0.1, -0.05) is 65.9 Å². The molecule has 152 valence electrons. The van der Waals surface area contributed by atoms with Crippen LogP contribution in [0.4, 0.5) is 0 Å². The van der Waals surface area contributed by atoms with E-state index in [1.54, 1.807) is 12.1 Å². The molecule has 30 heavy (non-hydrogen) atoms. The molecule has 1 unspecified atom stereocenters. The molecular formula is C24H23N3O3. The lowest BCUT2D eigenvalue weighted by atomic mass is 9.95. The van der Waals surface area contributed by atoms with Gasteiger partial charge in [-0.15, -0.1) is 0 Å². The minimum absolute atomic E-state index is 0.0318. The second kappa shape index (κ2) is 8.37. The van der Waals surface area contributed by atoms with Gasteiger partial charge in [0, 0.05) is 18.5 Å². The molecule has 1 atom stereocenters. The van der Waals surface area contributed by atoms with Gasteiger partial charge in [0.15, 0.2) is 0 Å². The molecule has 1 fully saturated rings. The van der Waals surface area contributed by atoms with Crippen LogP contribution in [0.25, 0.3) is 5.76 Å². The molecule has 1 N–H and O–H groups in total. The molecule has 1 aliphatic heterocycles. The van der Waals surface area contributed by atoms with Crippen molar-refractivity contribution in [3.05, 3.63) is 95.6 Å². The van der Waals surface area contributed by atoms with Crippen molar-refractivity contribution in [1.82, 2.24) is 9.88 Å². The normalized spacial score (nSPS) is 18.2. The maximum absolute atomic E-state index is 13.3. The molecule has 0 radical (unpaired) electrons. The standard InChI is InChI=1S/C24H23N3O3/c1-17-8-10-19(11-9-17)22(28)20-21(18-6-3-2-4-7-18)27(24(30)23(20)29)14-5-13-26-15-12-25-16-26/h2-4,6-12,15-16,21H,5,13-14H2,1H3,(H,28,29). The van der Waals surface area contributed by atoms with Gasteiger partial charge in [0.05, 0.1) is 12.6 Å². The summed E-state index contributed by atoms with van der Waals surface area (Å²) in [6.45, 7) is 3.01. The topological polar surface area (TPSA) is 80.1 Å². The first-order chi connectivity index (χ1) is 14.6. The van der Waals surface area contributed by atoms with Gasteiger partial charge in [0.25, 0.3) is 5.91 Å². The number of nitrogens with zero attached hydrogens (tertiary/aromatic N) is 2. The number of imidazole rings is 1. The Labute approximate surface area is 175 Å².